The Hall–Kier alpha value is -3.41. The quantitative estimate of drug-likeness (QED) is 0.447. The molecule has 7 rings (SSSR count). The maximum Gasteiger partial charge on any atom is 0.255 e. The van der Waals surface area contributed by atoms with Gasteiger partial charge < -0.3 is 16.0 Å². The van der Waals surface area contributed by atoms with Crippen molar-refractivity contribution in [2.45, 2.75) is 50.2 Å². The summed E-state index contributed by atoms with van der Waals surface area (Å²) in [5.41, 5.74) is 6.37. The standard InChI is InChI=1S/C27H27FN4O/c28-19-6-9-24-23(12-19)25(10-11-29-24)30-20-7-4-18(5-8-20)26(33)31-21-2-1-3-22(13-21)32-27-14-17(15-27)16-27/h1-5,7-8,10-11,13,17,19,32H,6,9,12,14-16H2,(H,29,30)(H,31,33). The van der Waals surface area contributed by atoms with Gasteiger partial charge in [-0.15, -0.1) is 0 Å². The van der Waals surface area contributed by atoms with Crippen molar-refractivity contribution in [3.8, 4) is 0 Å². The highest BCUT2D eigenvalue weighted by atomic mass is 19.1. The molecule has 2 bridgehead atoms. The fourth-order valence-corrected chi connectivity index (χ4v) is 5.39. The zero-order chi connectivity index (χ0) is 22.4. The molecule has 3 aromatic rings. The third kappa shape index (κ3) is 3.94. The van der Waals surface area contributed by atoms with Crippen molar-refractivity contribution in [1.82, 2.24) is 4.98 Å². The Morgan fingerprint density at radius 2 is 1.79 bits per heavy atom. The van der Waals surface area contributed by atoms with Crippen molar-refractivity contribution in [2.24, 2.45) is 5.92 Å². The number of carbonyl (C=O) groups excluding carboxylic acids is 1. The molecule has 168 valence electrons. The van der Waals surface area contributed by atoms with Crippen molar-refractivity contribution >= 4 is 28.7 Å². The number of pyridine rings is 1. The maximum absolute atomic E-state index is 13.9. The van der Waals surface area contributed by atoms with Crippen LogP contribution in [0.3, 0.4) is 0 Å². The molecule has 33 heavy (non-hydrogen) atoms. The molecule has 4 aliphatic carbocycles. The molecule has 0 spiro atoms. The molecule has 0 aliphatic heterocycles. The summed E-state index contributed by atoms with van der Waals surface area (Å²) in [6.45, 7) is 0. The number of halogens is 1. The van der Waals surface area contributed by atoms with Crippen LogP contribution in [0.25, 0.3) is 0 Å². The third-order valence-corrected chi connectivity index (χ3v) is 7.26. The Labute approximate surface area is 192 Å². The monoisotopic (exact) mass is 442 g/mol. The summed E-state index contributed by atoms with van der Waals surface area (Å²) >= 11 is 0. The van der Waals surface area contributed by atoms with E-state index < -0.39 is 6.17 Å². The molecule has 3 N–H and O–H groups in total. The topological polar surface area (TPSA) is 66.1 Å². The molecule has 1 atom stereocenters. The van der Waals surface area contributed by atoms with E-state index in [0.29, 0.717) is 30.4 Å². The van der Waals surface area contributed by atoms with Gasteiger partial charge in [-0.05, 0) is 92.1 Å². The number of carbonyl (C=O) groups is 1. The maximum atomic E-state index is 13.9. The average molecular weight is 443 g/mol. The first kappa shape index (κ1) is 20.2. The Bertz CT molecular complexity index is 1190. The summed E-state index contributed by atoms with van der Waals surface area (Å²) in [6, 6.07) is 17.2. The van der Waals surface area contributed by atoms with Gasteiger partial charge in [0.25, 0.3) is 5.91 Å². The number of rotatable bonds is 6. The summed E-state index contributed by atoms with van der Waals surface area (Å²) in [5, 5.41) is 10.0. The third-order valence-electron chi connectivity index (χ3n) is 7.26. The van der Waals surface area contributed by atoms with Crippen molar-refractivity contribution < 1.29 is 9.18 Å². The van der Waals surface area contributed by atoms with E-state index >= 15 is 0 Å². The van der Waals surface area contributed by atoms with E-state index in [2.05, 4.69) is 27.0 Å². The first-order valence-corrected chi connectivity index (χ1v) is 11.7. The van der Waals surface area contributed by atoms with Crippen molar-refractivity contribution in [3.05, 3.63) is 77.6 Å². The van der Waals surface area contributed by atoms with E-state index in [1.54, 1.807) is 18.3 Å². The molecule has 6 heteroatoms. The molecular weight excluding hydrogens is 415 g/mol. The molecule has 1 unspecified atom stereocenters. The fraction of sp³-hybridized carbons (Fsp3) is 0.333. The zero-order valence-corrected chi connectivity index (χ0v) is 18.4. The van der Waals surface area contributed by atoms with Crippen LogP contribution in [0.2, 0.25) is 0 Å². The Kier molecular flexibility index (Phi) is 4.82. The van der Waals surface area contributed by atoms with E-state index in [1.807, 2.05) is 36.4 Å². The van der Waals surface area contributed by atoms with Gasteiger partial charge in [0.15, 0.2) is 0 Å². The number of alkyl halides is 1. The van der Waals surface area contributed by atoms with Crippen molar-refractivity contribution in [2.75, 3.05) is 16.0 Å². The van der Waals surface area contributed by atoms with Gasteiger partial charge >= 0.3 is 0 Å². The molecular formula is C27H27FN4O. The van der Waals surface area contributed by atoms with Crippen LogP contribution in [0, 0.1) is 5.92 Å². The highest BCUT2D eigenvalue weighted by Crippen LogP contribution is 2.58. The van der Waals surface area contributed by atoms with Gasteiger partial charge in [-0.3, -0.25) is 9.78 Å². The lowest BCUT2D eigenvalue weighted by atomic mass is 9.50. The highest BCUT2D eigenvalue weighted by molar-refractivity contribution is 6.04. The lowest BCUT2D eigenvalue weighted by Gasteiger charge is -2.62. The second-order valence-corrected chi connectivity index (χ2v) is 9.74. The zero-order valence-electron chi connectivity index (χ0n) is 18.4. The first-order chi connectivity index (χ1) is 16.1. The average Bonchev–Trinajstić information content (AvgIpc) is 2.77. The van der Waals surface area contributed by atoms with Crippen LogP contribution < -0.4 is 16.0 Å². The molecule has 5 nitrogen and oxygen atoms in total. The Balaban J connectivity index is 1.12. The van der Waals surface area contributed by atoms with Crippen LogP contribution in [-0.4, -0.2) is 22.6 Å². The molecule has 1 heterocycles. The molecule has 0 radical (unpaired) electrons. The lowest BCUT2D eigenvalue weighted by Crippen LogP contribution is -2.63. The minimum absolute atomic E-state index is 0.147. The highest BCUT2D eigenvalue weighted by Gasteiger charge is 2.56. The molecule has 2 aromatic carbocycles. The molecule has 3 saturated carbocycles. The predicted molar refractivity (Wildman–Crippen MR) is 129 cm³/mol. The number of aromatic nitrogens is 1. The van der Waals surface area contributed by atoms with Crippen LogP contribution in [-0.2, 0) is 12.8 Å². The van der Waals surface area contributed by atoms with Gasteiger partial charge in [-0.2, -0.15) is 0 Å². The second kappa shape index (κ2) is 7.87. The largest absolute Gasteiger partial charge is 0.380 e. The van der Waals surface area contributed by atoms with Crippen LogP contribution in [0.1, 0.15) is 47.3 Å². The number of hydrogen-bond acceptors (Lipinski definition) is 4. The van der Waals surface area contributed by atoms with Crippen LogP contribution in [0.5, 0.6) is 0 Å². The summed E-state index contributed by atoms with van der Waals surface area (Å²) in [7, 11) is 0. The second-order valence-electron chi connectivity index (χ2n) is 9.74. The Morgan fingerprint density at radius 1 is 1.00 bits per heavy atom. The summed E-state index contributed by atoms with van der Waals surface area (Å²) in [5.74, 6) is 0.771. The van der Waals surface area contributed by atoms with Crippen LogP contribution in [0.15, 0.2) is 60.8 Å². The first-order valence-electron chi connectivity index (χ1n) is 11.7. The van der Waals surface area contributed by atoms with E-state index in [1.165, 1.54) is 19.3 Å². The summed E-state index contributed by atoms with van der Waals surface area (Å²) in [6.07, 6.45) is 6.33. The van der Waals surface area contributed by atoms with Gasteiger partial charge in [-0.1, -0.05) is 6.07 Å². The number of anilines is 4. The van der Waals surface area contributed by atoms with Crippen LogP contribution in [0.4, 0.5) is 27.1 Å². The van der Waals surface area contributed by atoms with Gasteiger partial charge in [0.2, 0.25) is 0 Å². The van der Waals surface area contributed by atoms with Gasteiger partial charge in [-0.25, -0.2) is 4.39 Å². The van der Waals surface area contributed by atoms with Crippen molar-refractivity contribution in [1.29, 1.82) is 0 Å². The van der Waals surface area contributed by atoms with Crippen molar-refractivity contribution in [3.63, 3.8) is 0 Å². The van der Waals surface area contributed by atoms with Gasteiger partial charge in [0.05, 0.1) is 0 Å². The molecule has 1 amide bonds. The van der Waals surface area contributed by atoms with Gasteiger partial charge in [0.1, 0.15) is 6.17 Å². The number of amides is 1. The SMILES string of the molecule is O=C(Nc1cccc(NC23CC(C2)C3)c1)c1ccc(Nc2ccnc3c2CC(F)CC3)cc1. The number of aryl methyl sites for hydroxylation is 1. The van der Waals surface area contributed by atoms with Crippen LogP contribution >= 0.6 is 0 Å². The number of nitrogens with zero attached hydrogens (tertiary/aromatic N) is 1. The van der Waals surface area contributed by atoms with E-state index in [-0.39, 0.29) is 5.91 Å². The summed E-state index contributed by atoms with van der Waals surface area (Å²) < 4.78 is 13.9. The number of benzene rings is 2. The molecule has 3 fully saturated rings. The minimum atomic E-state index is -0.818. The molecule has 0 saturated heterocycles. The fourth-order valence-electron chi connectivity index (χ4n) is 5.39. The number of hydrogen-bond donors (Lipinski definition) is 3. The number of fused-ring (bicyclic) bond motifs is 1. The summed E-state index contributed by atoms with van der Waals surface area (Å²) in [4.78, 5) is 17.2. The lowest BCUT2D eigenvalue weighted by molar-refractivity contribution is 0.00214. The Morgan fingerprint density at radius 3 is 2.55 bits per heavy atom. The van der Waals surface area contributed by atoms with E-state index in [0.717, 1.165) is 39.9 Å². The molecule has 1 aromatic heterocycles. The van der Waals surface area contributed by atoms with E-state index in [9.17, 15) is 9.18 Å². The smallest absolute Gasteiger partial charge is 0.255 e. The van der Waals surface area contributed by atoms with E-state index in [4.69, 9.17) is 0 Å². The minimum Gasteiger partial charge on any atom is -0.380 e. The molecule has 4 aliphatic rings. The number of nitrogens with one attached hydrogen (secondary N) is 3. The predicted octanol–water partition coefficient (Wildman–Crippen LogP) is 5.87. The van der Waals surface area contributed by atoms with Gasteiger partial charge in [0, 0.05) is 52.2 Å². The normalized spacial score (nSPS) is 24.6.